The Morgan fingerprint density at radius 3 is 2.32 bits per heavy atom. The van der Waals surface area contributed by atoms with E-state index in [4.69, 9.17) is 5.73 Å². The van der Waals surface area contributed by atoms with Crippen molar-refractivity contribution in [1.29, 1.82) is 0 Å². The third-order valence-electron chi connectivity index (χ3n) is 4.69. The fourth-order valence-corrected chi connectivity index (χ4v) is 3.87. The van der Waals surface area contributed by atoms with Crippen molar-refractivity contribution in [3.8, 4) is 0 Å². The summed E-state index contributed by atoms with van der Waals surface area (Å²) in [6, 6.07) is 10.4. The SMILES string of the molecule is C[C@@H](N)C(=O)N(C)C1[C@@H](C)CN(Cc2ccccc2)C[C@@H]1C. The van der Waals surface area contributed by atoms with Crippen molar-refractivity contribution in [1.82, 2.24) is 9.80 Å². The lowest BCUT2D eigenvalue weighted by molar-refractivity contribution is -0.136. The van der Waals surface area contributed by atoms with Crippen LogP contribution in [0.1, 0.15) is 26.3 Å². The first-order valence-electron chi connectivity index (χ1n) is 8.18. The Kier molecular flexibility index (Phi) is 5.59. The zero-order chi connectivity index (χ0) is 16.3. The van der Waals surface area contributed by atoms with Crippen LogP contribution in [0.3, 0.4) is 0 Å². The van der Waals surface area contributed by atoms with Gasteiger partial charge in [-0.2, -0.15) is 0 Å². The van der Waals surface area contributed by atoms with E-state index >= 15 is 0 Å². The predicted octanol–water partition coefficient (Wildman–Crippen LogP) is 1.95. The largest absolute Gasteiger partial charge is 0.341 e. The molecule has 1 aliphatic heterocycles. The number of rotatable bonds is 4. The molecule has 0 bridgehead atoms. The van der Waals surface area contributed by atoms with E-state index in [2.05, 4.69) is 49.1 Å². The Balaban J connectivity index is 2.01. The van der Waals surface area contributed by atoms with E-state index in [9.17, 15) is 4.79 Å². The van der Waals surface area contributed by atoms with Gasteiger partial charge in [0.1, 0.15) is 0 Å². The van der Waals surface area contributed by atoms with Crippen LogP contribution in [0, 0.1) is 11.8 Å². The Hall–Kier alpha value is -1.39. The summed E-state index contributed by atoms with van der Waals surface area (Å²) >= 11 is 0. The summed E-state index contributed by atoms with van der Waals surface area (Å²) in [6.45, 7) is 9.25. The summed E-state index contributed by atoms with van der Waals surface area (Å²) in [4.78, 5) is 16.6. The molecule has 3 atom stereocenters. The lowest BCUT2D eigenvalue weighted by Gasteiger charge is -2.45. The number of likely N-dealkylation sites (tertiary alicyclic amines) is 1. The zero-order valence-corrected chi connectivity index (χ0v) is 14.2. The highest BCUT2D eigenvalue weighted by molar-refractivity contribution is 5.81. The number of amides is 1. The maximum absolute atomic E-state index is 12.2. The quantitative estimate of drug-likeness (QED) is 0.925. The monoisotopic (exact) mass is 303 g/mol. The summed E-state index contributed by atoms with van der Waals surface area (Å²) in [5.74, 6) is 0.931. The third-order valence-corrected chi connectivity index (χ3v) is 4.69. The highest BCUT2D eigenvalue weighted by atomic mass is 16.2. The number of hydrogen-bond acceptors (Lipinski definition) is 3. The number of nitrogens with two attached hydrogens (primary N) is 1. The van der Waals surface area contributed by atoms with E-state index < -0.39 is 6.04 Å². The summed E-state index contributed by atoms with van der Waals surface area (Å²) < 4.78 is 0. The Morgan fingerprint density at radius 1 is 1.27 bits per heavy atom. The number of piperidine rings is 1. The molecule has 0 radical (unpaired) electrons. The van der Waals surface area contributed by atoms with Gasteiger partial charge in [-0.15, -0.1) is 0 Å². The van der Waals surface area contributed by atoms with Crippen LogP contribution in [0.4, 0.5) is 0 Å². The fraction of sp³-hybridized carbons (Fsp3) is 0.611. The first-order chi connectivity index (χ1) is 10.4. The minimum atomic E-state index is -0.424. The van der Waals surface area contributed by atoms with Crippen molar-refractivity contribution < 1.29 is 4.79 Å². The van der Waals surface area contributed by atoms with Crippen LogP contribution in [-0.4, -0.2) is 47.9 Å². The topological polar surface area (TPSA) is 49.6 Å². The number of nitrogens with zero attached hydrogens (tertiary/aromatic N) is 2. The second-order valence-corrected chi connectivity index (χ2v) is 6.86. The number of likely N-dealkylation sites (N-methyl/N-ethyl adjacent to an activating group) is 1. The predicted molar refractivity (Wildman–Crippen MR) is 90.3 cm³/mol. The molecule has 4 heteroatoms. The number of carbonyl (C=O) groups is 1. The summed E-state index contributed by atoms with van der Waals surface area (Å²) in [5.41, 5.74) is 7.11. The van der Waals surface area contributed by atoms with Crippen molar-refractivity contribution in [2.75, 3.05) is 20.1 Å². The van der Waals surface area contributed by atoms with Gasteiger partial charge in [-0.05, 0) is 24.3 Å². The fourth-order valence-electron chi connectivity index (χ4n) is 3.87. The van der Waals surface area contributed by atoms with Crippen LogP contribution < -0.4 is 5.73 Å². The second kappa shape index (κ2) is 7.25. The van der Waals surface area contributed by atoms with Crippen LogP contribution in [0.2, 0.25) is 0 Å². The highest BCUT2D eigenvalue weighted by Gasteiger charge is 2.36. The lowest BCUT2D eigenvalue weighted by Crippen LogP contribution is -2.57. The Labute approximate surface area is 134 Å². The van der Waals surface area contributed by atoms with Crippen molar-refractivity contribution in [3.05, 3.63) is 35.9 Å². The molecule has 2 rings (SSSR count). The van der Waals surface area contributed by atoms with Crippen molar-refractivity contribution >= 4 is 5.91 Å². The Morgan fingerprint density at radius 2 is 1.82 bits per heavy atom. The van der Waals surface area contributed by atoms with Gasteiger partial charge in [-0.3, -0.25) is 9.69 Å². The molecule has 0 saturated carbocycles. The van der Waals surface area contributed by atoms with Crippen molar-refractivity contribution in [2.45, 2.75) is 39.4 Å². The molecule has 1 aromatic rings. The molecule has 0 spiro atoms. The molecule has 0 aliphatic carbocycles. The minimum absolute atomic E-state index is 0.0419. The molecule has 1 aliphatic rings. The van der Waals surface area contributed by atoms with Crippen LogP contribution in [0.25, 0.3) is 0 Å². The van der Waals surface area contributed by atoms with E-state index in [1.54, 1.807) is 6.92 Å². The van der Waals surface area contributed by atoms with Crippen molar-refractivity contribution in [3.63, 3.8) is 0 Å². The molecule has 1 aromatic carbocycles. The zero-order valence-electron chi connectivity index (χ0n) is 14.2. The van der Waals surface area contributed by atoms with Crippen molar-refractivity contribution in [2.24, 2.45) is 17.6 Å². The standard InChI is InChI=1S/C18H29N3O/c1-13-10-21(12-16-8-6-5-7-9-16)11-14(2)17(13)20(4)18(22)15(3)19/h5-9,13-15,17H,10-12,19H2,1-4H3/t13-,14-,15+/m0/s1. The normalized spacial score (nSPS) is 25.0. The van der Waals surface area contributed by atoms with E-state index in [0.29, 0.717) is 11.8 Å². The average Bonchev–Trinajstić information content (AvgIpc) is 2.46. The smallest absolute Gasteiger partial charge is 0.239 e. The highest BCUT2D eigenvalue weighted by Crippen LogP contribution is 2.27. The van der Waals surface area contributed by atoms with Gasteiger partial charge in [-0.25, -0.2) is 0 Å². The first kappa shape index (κ1) is 17.0. The molecular weight excluding hydrogens is 274 g/mol. The number of hydrogen-bond donors (Lipinski definition) is 1. The molecule has 2 N–H and O–H groups in total. The van der Waals surface area contributed by atoms with Gasteiger partial charge >= 0.3 is 0 Å². The van der Waals surface area contributed by atoms with E-state index in [0.717, 1.165) is 19.6 Å². The molecule has 22 heavy (non-hydrogen) atoms. The molecule has 1 amide bonds. The minimum Gasteiger partial charge on any atom is -0.341 e. The second-order valence-electron chi connectivity index (χ2n) is 6.86. The van der Waals surface area contributed by atoms with Crippen LogP contribution in [-0.2, 0) is 11.3 Å². The van der Waals surface area contributed by atoms with Gasteiger partial charge in [0.2, 0.25) is 5.91 Å². The number of carbonyl (C=O) groups excluding carboxylic acids is 1. The summed E-state index contributed by atoms with van der Waals surface area (Å²) in [7, 11) is 1.90. The van der Waals surface area contributed by atoms with Gasteiger partial charge in [0, 0.05) is 32.7 Å². The molecule has 1 fully saturated rings. The van der Waals surface area contributed by atoms with Gasteiger partial charge in [0.05, 0.1) is 6.04 Å². The van der Waals surface area contributed by atoms with Gasteiger partial charge in [0.15, 0.2) is 0 Å². The van der Waals surface area contributed by atoms with E-state index in [-0.39, 0.29) is 11.9 Å². The van der Waals surface area contributed by atoms with E-state index in [1.807, 2.05) is 11.9 Å². The maximum Gasteiger partial charge on any atom is 0.239 e. The molecule has 1 saturated heterocycles. The lowest BCUT2D eigenvalue weighted by atomic mass is 9.84. The maximum atomic E-state index is 12.2. The van der Waals surface area contributed by atoms with Crippen LogP contribution in [0.15, 0.2) is 30.3 Å². The molecule has 0 unspecified atom stereocenters. The van der Waals surface area contributed by atoms with Gasteiger partial charge in [0.25, 0.3) is 0 Å². The molecular formula is C18H29N3O. The van der Waals surface area contributed by atoms with Gasteiger partial charge < -0.3 is 10.6 Å². The molecule has 1 heterocycles. The average molecular weight is 303 g/mol. The third kappa shape index (κ3) is 3.87. The number of benzene rings is 1. The summed E-state index contributed by atoms with van der Waals surface area (Å²) in [6.07, 6.45) is 0. The van der Waals surface area contributed by atoms with E-state index in [1.165, 1.54) is 5.56 Å². The summed E-state index contributed by atoms with van der Waals surface area (Å²) in [5, 5.41) is 0. The van der Waals surface area contributed by atoms with Crippen LogP contribution >= 0.6 is 0 Å². The molecule has 4 nitrogen and oxygen atoms in total. The van der Waals surface area contributed by atoms with Gasteiger partial charge in [-0.1, -0.05) is 44.2 Å². The van der Waals surface area contributed by atoms with Crippen LogP contribution in [0.5, 0.6) is 0 Å². The molecule has 122 valence electrons. The first-order valence-corrected chi connectivity index (χ1v) is 8.18. The Bertz CT molecular complexity index is 476. The molecule has 0 aromatic heterocycles.